The van der Waals surface area contributed by atoms with Crippen LogP contribution in [-0.2, 0) is 17.8 Å². The monoisotopic (exact) mass is 266 g/mol. The lowest BCUT2D eigenvalue weighted by Crippen LogP contribution is -2.52. The van der Waals surface area contributed by atoms with Crippen LogP contribution in [0.15, 0.2) is 16.7 Å². The van der Waals surface area contributed by atoms with Gasteiger partial charge >= 0.3 is 0 Å². The molecule has 4 nitrogen and oxygen atoms in total. The Labute approximate surface area is 116 Å². The van der Waals surface area contributed by atoms with Crippen molar-refractivity contribution in [2.45, 2.75) is 52.4 Å². The fourth-order valence-electron chi connectivity index (χ4n) is 2.30. The van der Waals surface area contributed by atoms with E-state index in [0.29, 0.717) is 6.04 Å². The van der Waals surface area contributed by atoms with Crippen LogP contribution >= 0.6 is 0 Å². The second kappa shape index (κ2) is 6.07. The number of nitrogens with one attached hydrogen (secondary N) is 1. The molecule has 2 heterocycles. The quantitative estimate of drug-likeness (QED) is 0.888. The molecule has 1 aromatic heterocycles. The van der Waals surface area contributed by atoms with Gasteiger partial charge in [-0.25, -0.2) is 0 Å². The Morgan fingerprint density at radius 2 is 2.21 bits per heavy atom. The van der Waals surface area contributed by atoms with Crippen molar-refractivity contribution in [1.29, 1.82) is 0 Å². The van der Waals surface area contributed by atoms with Crippen LogP contribution in [-0.4, -0.2) is 36.2 Å². The Balaban J connectivity index is 1.92. The molecular formula is C15H26N2O2. The number of nitrogens with zero attached hydrogens (tertiary/aromatic N) is 1. The molecule has 19 heavy (non-hydrogen) atoms. The third-order valence-electron chi connectivity index (χ3n) is 3.59. The SMILES string of the molecule is CC(C)NCc1coc(CN2CCOCC2(C)C)c1. The minimum Gasteiger partial charge on any atom is -0.468 e. The third kappa shape index (κ3) is 4.06. The number of rotatable bonds is 5. The standard InChI is InChI=1S/C15H26N2O2/c1-12(2)16-8-13-7-14(19-10-13)9-17-5-6-18-11-15(17,3)4/h7,10,12,16H,5-6,8-9,11H2,1-4H3. The lowest BCUT2D eigenvalue weighted by Gasteiger charge is -2.41. The summed E-state index contributed by atoms with van der Waals surface area (Å²) in [6.45, 7) is 13.0. The van der Waals surface area contributed by atoms with Crippen LogP contribution in [0.5, 0.6) is 0 Å². The van der Waals surface area contributed by atoms with E-state index in [4.69, 9.17) is 9.15 Å². The summed E-state index contributed by atoms with van der Waals surface area (Å²) < 4.78 is 11.2. The van der Waals surface area contributed by atoms with Crippen molar-refractivity contribution in [3.8, 4) is 0 Å². The minimum atomic E-state index is 0.0847. The van der Waals surface area contributed by atoms with Crippen molar-refractivity contribution in [3.05, 3.63) is 23.7 Å². The Hall–Kier alpha value is -0.840. The van der Waals surface area contributed by atoms with Crippen LogP contribution in [0.25, 0.3) is 0 Å². The Morgan fingerprint density at radius 3 is 2.89 bits per heavy atom. The van der Waals surface area contributed by atoms with Crippen LogP contribution < -0.4 is 5.32 Å². The lowest BCUT2D eigenvalue weighted by atomic mass is 10.0. The first kappa shape index (κ1) is 14.6. The number of furan rings is 1. The van der Waals surface area contributed by atoms with E-state index in [0.717, 1.165) is 38.6 Å². The van der Waals surface area contributed by atoms with Gasteiger partial charge in [-0.1, -0.05) is 13.8 Å². The van der Waals surface area contributed by atoms with Crippen LogP contribution in [0.2, 0.25) is 0 Å². The first-order valence-electron chi connectivity index (χ1n) is 7.10. The summed E-state index contributed by atoms with van der Waals surface area (Å²) in [4.78, 5) is 2.43. The van der Waals surface area contributed by atoms with Crippen molar-refractivity contribution in [3.63, 3.8) is 0 Å². The first-order valence-corrected chi connectivity index (χ1v) is 7.10. The number of hydrogen-bond donors (Lipinski definition) is 1. The predicted molar refractivity (Wildman–Crippen MR) is 76.0 cm³/mol. The summed E-state index contributed by atoms with van der Waals surface area (Å²) in [5, 5.41) is 3.40. The molecule has 2 rings (SSSR count). The molecule has 4 heteroatoms. The van der Waals surface area contributed by atoms with Gasteiger partial charge in [0, 0.05) is 30.2 Å². The molecule has 108 valence electrons. The molecular weight excluding hydrogens is 240 g/mol. The molecule has 0 bridgehead atoms. The smallest absolute Gasteiger partial charge is 0.118 e. The Morgan fingerprint density at radius 1 is 1.42 bits per heavy atom. The molecule has 1 aromatic rings. The Bertz CT molecular complexity index is 399. The van der Waals surface area contributed by atoms with Gasteiger partial charge in [0.25, 0.3) is 0 Å². The van der Waals surface area contributed by atoms with Gasteiger partial charge in [-0.05, 0) is 19.9 Å². The van der Waals surface area contributed by atoms with Gasteiger partial charge in [0.05, 0.1) is 26.0 Å². The molecule has 0 radical (unpaired) electrons. The summed E-state index contributed by atoms with van der Waals surface area (Å²) in [5.74, 6) is 1.04. The molecule has 0 saturated carbocycles. The van der Waals surface area contributed by atoms with Crippen molar-refractivity contribution in [1.82, 2.24) is 10.2 Å². The van der Waals surface area contributed by atoms with Crippen molar-refractivity contribution in [2.24, 2.45) is 0 Å². The molecule has 1 aliphatic rings. The zero-order valence-electron chi connectivity index (χ0n) is 12.5. The number of hydrogen-bond acceptors (Lipinski definition) is 4. The molecule has 0 unspecified atom stereocenters. The Kier molecular flexibility index (Phi) is 4.66. The van der Waals surface area contributed by atoms with Crippen LogP contribution in [0.4, 0.5) is 0 Å². The highest BCUT2D eigenvalue weighted by molar-refractivity contribution is 5.13. The van der Waals surface area contributed by atoms with Gasteiger partial charge in [0.1, 0.15) is 5.76 Å². The maximum Gasteiger partial charge on any atom is 0.118 e. The third-order valence-corrected chi connectivity index (χ3v) is 3.59. The second-order valence-corrected chi connectivity index (χ2v) is 6.24. The molecule has 1 saturated heterocycles. The molecule has 1 fully saturated rings. The number of ether oxygens (including phenoxy) is 1. The average molecular weight is 266 g/mol. The van der Waals surface area contributed by atoms with Crippen LogP contribution in [0.1, 0.15) is 39.0 Å². The van der Waals surface area contributed by atoms with E-state index in [1.807, 2.05) is 6.26 Å². The highest BCUT2D eigenvalue weighted by Gasteiger charge is 2.30. The average Bonchev–Trinajstić information content (AvgIpc) is 2.77. The zero-order chi connectivity index (χ0) is 13.9. The van der Waals surface area contributed by atoms with E-state index in [1.54, 1.807) is 0 Å². The van der Waals surface area contributed by atoms with Crippen molar-refractivity contribution < 1.29 is 9.15 Å². The fourth-order valence-corrected chi connectivity index (χ4v) is 2.30. The molecule has 1 aliphatic heterocycles. The fraction of sp³-hybridized carbons (Fsp3) is 0.733. The predicted octanol–water partition coefficient (Wildman–Crippen LogP) is 2.39. The van der Waals surface area contributed by atoms with Crippen LogP contribution in [0.3, 0.4) is 0 Å². The normalized spacial score (nSPS) is 20.1. The van der Waals surface area contributed by atoms with E-state index >= 15 is 0 Å². The van der Waals surface area contributed by atoms with E-state index in [2.05, 4.69) is 44.0 Å². The van der Waals surface area contributed by atoms with Gasteiger partial charge in [-0.15, -0.1) is 0 Å². The van der Waals surface area contributed by atoms with Gasteiger partial charge < -0.3 is 14.5 Å². The van der Waals surface area contributed by atoms with E-state index < -0.39 is 0 Å². The number of morpholine rings is 1. The molecule has 0 spiro atoms. The van der Waals surface area contributed by atoms with Gasteiger partial charge in [0.15, 0.2) is 0 Å². The van der Waals surface area contributed by atoms with E-state index in [9.17, 15) is 0 Å². The summed E-state index contributed by atoms with van der Waals surface area (Å²) in [6.07, 6.45) is 1.86. The molecule has 0 atom stereocenters. The van der Waals surface area contributed by atoms with Gasteiger partial charge in [-0.3, -0.25) is 4.90 Å². The van der Waals surface area contributed by atoms with Gasteiger partial charge in [-0.2, -0.15) is 0 Å². The summed E-state index contributed by atoms with van der Waals surface area (Å²) in [7, 11) is 0. The first-order chi connectivity index (χ1) is 8.97. The molecule has 0 aromatic carbocycles. The highest BCUT2D eigenvalue weighted by Crippen LogP contribution is 2.22. The molecule has 0 amide bonds. The summed E-state index contributed by atoms with van der Waals surface area (Å²) in [5.41, 5.74) is 1.30. The van der Waals surface area contributed by atoms with E-state index in [1.165, 1.54) is 5.56 Å². The van der Waals surface area contributed by atoms with E-state index in [-0.39, 0.29) is 5.54 Å². The largest absolute Gasteiger partial charge is 0.468 e. The second-order valence-electron chi connectivity index (χ2n) is 6.24. The molecule has 0 aliphatic carbocycles. The van der Waals surface area contributed by atoms with Crippen LogP contribution in [0, 0.1) is 0 Å². The lowest BCUT2D eigenvalue weighted by molar-refractivity contribution is -0.0577. The van der Waals surface area contributed by atoms with Crippen molar-refractivity contribution >= 4 is 0 Å². The van der Waals surface area contributed by atoms with Gasteiger partial charge in [0.2, 0.25) is 0 Å². The summed E-state index contributed by atoms with van der Waals surface area (Å²) in [6, 6.07) is 2.65. The molecule has 1 N–H and O–H groups in total. The van der Waals surface area contributed by atoms with Crippen molar-refractivity contribution in [2.75, 3.05) is 19.8 Å². The summed E-state index contributed by atoms with van der Waals surface area (Å²) >= 11 is 0. The highest BCUT2D eigenvalue weighted by atomic mass is 16.5. The maximum absolute atomic E-state index is 5.67. The maximum atomic E-state index is 5.67. The topological polar surface area (TPSA) is 37.6 Å². The zero-order valence-corrected chi connectivity index (χ0v) is 12.5. The minimum absolute atomic E-state index is 0.0847.